The minimum absolute atomic E-state index is 0.0664. The van der Waals surface area contributed by atoms with Gasteiger partial charge in [-0.15, -0.1) is 0 Å². The van der Waals surface area contributed by atoms with Gasteiger partial charge in [-0.2, -0.15) is 5.26 Å². The number of nitriles is 1. The number of fused-ring (bicyclic) bond motifs is 1. The second-order valence-electron chi connectivity index (χ2n) is 6.20. The first kappa shape index (κ1) is 24.5. The van der Waals surface area contributed by atoms with E-state index in [-0.39, 0.29) is 28.2 Å². The summed E-state index contributed by atoms with van der Waals surface area (Å²) in [5, 5.41) is 8.81. The third-order valence-electron chi connectivity index (χ3n) is 4.32. The highest BCUT2D eigenvalue weighted by Crippen LogP contribution is 2.35. The number of nitrogens with zero attached hydrogens (tertiary/aromatic N) is 2. The van der Waals surface area contributed by atoms with Crippen LogP contribution in [0, 0.1) is 17.1 Å². The molecule has 2 aromatic rings. The van der Waals surface area contributed by atoms with E-state index in [4.69, 9.17) is 10.00 Å². The van der Waals surface area contributed by atoms with Crippen LogP contribution in [0.1, 0.15) is 44.0 Å². The second kappa shape index (κ2) is 10.5. The fourth-order valence-electron chi connectivity index (χ4n) is 3.14. The molecule has 1 atom stereocenters. The summed E-state index contributed by atoms with van der Waals surface area (Å²) in [5.74, 6) is -1.20. The van der Waals surface area contributed by atoms with E-state index in [0.29, 0.717) is 24.8 Å². The van der Waals surface area contributed by atoms with E-state index in [2.05, 4.69) is 4.72 Å². The number of carbonyl (C=O) groups is 1. The maximum absolute atomic E-state index is 14.1. The summed E-state index contributed by atoms with van der Waals surface area (Å²) in [5.41, 5.74) is 1.27. The van der Waals surface area contributed by atoms with Crippen LogP contribution in [0.2, 0.25) is 0 Å². The number of esters is 1. The van der Waals surface area contributed by atoms with Gasteiger partial charge in [0.05, 0.1) is 17.3 Å². The molecule has 1 aromatic carbocycles. The van der Waals surface area contributed by atoms with Gasteiger partial charge in [0, 0.05) is 55.6 Å². The van der Waals surface area contributed by atoms with Crippen molar-refractivity contribution >= 4 is 52.0 Å². The summed E-state index contributed by atoms with van der Waals surface area (Å²) in [6.45, 7) is 5.34. The van der Waals surface area contributed by atoms with Crippen LogP contribution in [0.4, 0.5) is 10.1 Å². The van der Waals surface area contributed by atoms with Gasteiger partial charge >= 0.3 is 5.97 Å². The SMILES string of the molecule is CC.CC(=O)OC1CCc2c(S(=O)(=O)Nc3ccc(C#N)cc3F)cn(SI)c2C1. The van der Waals surface area contributed by atoms with Crippen molar-refractivity contribution in [1.82, 2.24) is 3.97 Å². The number of ether oxygens (including phenoxy) is 1. The molecule has 7 nitrogen and oxygen atoms in total. The third-order valence-corrected chi connectivity index (χ3v) is 7.49. The van der Waals surface area contributed by atoms with Crippen molar-refractivity contribution in [3.8, 4) is 6.07 Å². The molecule has 0 spiro atoms. The van der Waals surface area contributed by atoms with E-state index in [0.717, 1.165) is 11.8 Å². The maximum atomic E-state index is 14.1. The lowest BCUT2D eigenvalue weighted by Gasteiger charge is -2.23. The number of nitrogens with one attached hydrogen (secondary N) is 1. The van der Waals surface area contributed by atoms with Gasteiger partial charge in [-0.25, -0.2) is 12.8 Å². The minimum atomic E-state index is -4.04. The van der Waals surface area contributed by atoms with E-state index in [1.54, 1.807) is 10.0 Å². The molecular weight excluding hydrogens is 544 g/mol. The van der Waals surface area contributed by atoms with Crippen molar-refractivity contribution in [2.24, 2.45) is 0 Å². The highest BCUT2D eigenvalue weighted by atomic mass is 127. The molecule has 1 heterocycles. The van der Waals surface area contributed by atoms with Crippen molar-refractivity contribution in [2.45, 2.75) is 51.0 Å². The Morgan fingerprint density at radius 3 is 2.70 bits per heavy atom. The number of hydrogen-bond donors (Lipinski definition) is 1. The quantitative estimate of drug-likeness (QED) is 0.421. The summed E-state index contributed by atoms with van der Waals surface area (Å²) in [6.07, 6.45) is 2.52. The van der Waals surface area contributed by atoms with Crippen molar-refractivity contribution in [3.63, 3.8) is 0 Å². The first-order valence-corrected chi connectivity index (χ1v) is 14.0. The van der Waals surface area contributed by atoms with Gasteiger partial charge in [0.25, 0.3) is 10.0 Å². The van der Waals surface area contributed by atoms with Crippen LogP contribution in [0.3, 0.4) is 0 Å². The van der Waals surface area contributed by atoms with Crippen LogP contribution >= 0.6 is 30.3 Å². The molecule has 1 aliphatic carbocycles. The molecule has 0 bridgehead atoms. The van der Waals surface area contributed by atoms with Gasteiger partial charge < -0.3 is 4.74 Å². The van der Waals surface area contributed by atoms with Gasteiger partial charge in [-0.3, -0.25) is 13.5 Å². The first-order chi connectivity index (χ1) is 14.2. The fraction of sp³-hybridized carbons (Fsp3) is 0.368. The van der Waals surface area contributed by atoms with Gasteiger partial charge in [0.15, 0.2) is 0 Å². The Labute approximate surface area is 191 Å². The Kier molecular flexibility index (Phi) is 8.57. The minimum Gasteiger partial charge on any atom is -0.462 e. The standard InChI is InChI=1S/C17H15FIN3O4S2.C2H6/c1-10(23)26-12-3-4-13-16(7-12)22(27-19)9-17(13)28(24,25)21-15-5-2-11(8-20)6-14(15)18;1-2/h2,5-6,9,12,21H,3-4,7H2,1H3;1-2H3. The van der Waals surface area contributed by atoms with Crippen LogP contribution in [0.25, 0.3) is 0 Å². The summed E-state index contributed by atoms with van der Waals surface area (Å²) >= 11 is 2.04. The van der Waals surface area contributed by atoms with Gasteiger partial charge in [0.2, 0.25) is 0 Å². The molecule has 0 fully saturated rings. The summed E-state index contributed by atoms with van der Waals surface area (Å²) < 4.78 is 49.2. The van der Waals surface area contributed by atoms with E-state index in [1.165, 1.54) is 34.4 Å². The Balaban J connectivity index is 0.00000155. The normalized spacial score (nSPS) is 15.3. The lowest BCUT2D eigenvalue weighted by atomic mass is 9.95. The highest BCUT2D eigenvalue weighted by molar-refractivity contribution is 14.2. The lowest BCUT2D eigenvalue weighted by molar-refractivity contribution is -0.146. The van der Waals surface area contributed by atoms with Crippen molar-refractivity contribution in [2.75, 3.05) is 4.72 Å². The van der Waals surface area contributed by atoms with E-state index < -0.39 is 15.8 Å². The molecule has 0 aliphatic heterocycles. The molecule has 1 unspecified atom stereocenters. The van der Waals surface area contributed by atoms with E-state index >= 15 is 0 Å². The monoisotopic (exact) mass is 565 g/mol. The second-order valence-corrected chi connectivity index (χ2v) is 9.56. The van der Waals surface area contributed by atoms with Crippen LogP contribution in [0.5, 0.6) is 0 Å². The lowest BCUT2D eigenvalue weighted by Crippen LogP contribution is -2.26. The van der Waals surface area contributed by atoms with Gasteiger partial charge in [-0.1, -0.05) is 13.8 Å². The topological polar surface area (TPSA) is 101 Å². The molecule has 0 radical (unpaired) electrons. The van der Waals surface area contributed by atoms with Crippen LogP contribution < -0.4 is 4.72 Å². The molecule has 11 heteroatoms. The first-order valence-electron chi connectivity index (χ1n) is 9.17. The average molecular weight is 565 g/mol. The number of sulfonamides is 1. The smallest absolute Gasteiger partial charge is 0.302 e. The van der Waals surface area contributed by atoms with Gasteiger partial charge in [0.1, 0.15) is 16.8 Å². The van der Waals surface area contributed by atoms with Crippen molar-refractivity contribution < 1.29 is 22.3 Å². The molecule has 162 valence electrons. The predicted molar refractivity (Wildman–Crippen MR) is 122 cm³/mol. The molecular formula is C19H21FIN3O4S2. The maximum Gasteiger partial charge on any atom is 0.302 e. The highest BCUT2D eigenvalue weighted by Gasteiger charge is 2.32. The van der Waals surface area contributed by atoms with Crippen LogP contribution in [0.15, 0.2) is 29.3 Å². The summed E-state index contributed by atoms with van der Waals surface area (Å²) in [7, 11) is -2.75. The number of carbonyl (C=O) groups excluding carboxylic acids is 1. The average Bonchev–Trinajstić information content (AvgIpc) is 3.09. The van der Waals surface area contributed by atoms with Crippen molar-refractivity contribution in [1.29, 1.82) is 5.26 Å². The van der Waals surface area contributed by atoms with E-state index in [9.17, 15) is 17.6 Å². The molecule has 0 saturated heterocycles. The largest absolute Gasteiger partial charge is 0.462 e. The molecule has 3 rings (SSSR count). The third kappa shape index (κ3) is 5.47. The molecule has 0 saturated carbocycles. The molecule has 0 amide bonds. The van der Waals surface area contributed by atoms with E-state index in [1.807, 2.05) is 35.1 Å². The molecule has 30 heavy (non-hydrogen) atoms. The van der Waals surface area contributed by atoms with Gasteiger partial charge in [-0.05, 0) is 36.6 Å². The number of anilines is 1. The Morgan fingerprint density at radius 2 is 2.13 bits per heavy atom. The molecule has 1 aromatic heterocycles. The Bertz CT molecular complexity index is 1080. The summed E-state index contributed by atoms with van der Waals surface area (Å²) in [4.78, 5) is 11.3. The number of benzene rings is 1. The van der Waals surface area contributed by atoms with Crippen molar-refractivity contribution in [3.05, 3.63) is 47.0 Å². The zero-order chi connectivity index (χ0) is 22.5. The number of halogens is 2. The van der Waals surface area contributed by atoms with Crippen LogP contribution in [-0.2, 0) is 32.4 Å². The molecule has 1 N–H and O–H groups in total. The van der Waals surface area contributed by atoms with Crippen LogP contribution in [-0.4, -0.2) is 24.5 Å². The number of hydrogen-bond acceptors (Lipinski definition) is 6. The predicted octanol–water partition coefficient (Wildman–Crippen LogP) is 4.59. The fourth-order valence-corrected chi connectivity index (χ4v) is 6.02. The summed E-state index contributed by atoms with van der Waals surface area (Å²) in [6, 6.07) is 5.33. The zero-order valence-electron chi connectivity index (χ0n) is 16.6. The molecule has 1 aliphatic rings. The Morgan fingerprint density at radius 1 is 1.43 bits per heavy atom. The number of rotatable bonds is 5. The Hall–Kier alpha value is -1.78. The zero-order valence-corrected chi connectivity index (χ0v) is 20.4. The number of aromatic nitrogens is 1.